The van der Waals surface area contributed by atoms with E-state index in [-0.39, 0.29) is 23.0 Å². The largest absolute Gasteiger partial charge is 0.506 e. The van der Waals surface area contributed by atoms with Gasteiger partial charge in [0.15, 0.2) is 0 Å². The molecule has 4 aromatic rings. The van der Waals surface area contributed by atoms with Crippen molar-refractivity contribution in [1.82, 2.24) is 4.40 Å². The highest BCUT2D eigenvalue weighted by atomic mass is 35.5. The summed E-state index contributed by atoms with van der Waals surface area (Å²) in [4.78, 5) is 25.9. The van der Waals surface area contributed by atoms with Gasteiger partial charge in [-0.2, -0.15) is 0 Å². The fourth-order valence-electron chi connectivity index (χ4n) is 3.59. The van der Waals surface area contributed by atoms with E-state index in [4.69, 9.17) is 16.3 Å². The molecule has 0 saturated carbocycles. The van der Waals surface area contributed by atoms with Crippen molar-refractivity contribution in [2.75, 3.05) is 6.61 Å². The van der Waals surface area contributed by atoms with Crippen LogP contribution in [0.2, 0.25) is 5.02 Å². The lowest BCUT2D eigenvalue weighted by Gasteiger charge is -2.07. The molecule has 0 aliphatic rings. The first-order valence-corrected chi connectivity index (χ1v) is 10.3. The summed E-state index contributed by atoms with van der Waals surface area (Å²) in [5, 5.41) is 12.0. The van der Waals surface area contributed by atoms with Crippen LogP contribution in [0.25, 0.3) is 15.6 Å². The highest BCUT2D eigenvalue weighted by Crippen LogP contribution is 2.45. The quantitative estimate of drug-likeness (QED) is 0.343. The summed E-state index contributed by atoms with van der Waals surface area (Å²) in [7, 11) is 0. The number of thiophene rings is 1. The summed E-state index contributed by atoms with van der Waals surface area (Å²) in [5.74, 6) is -0.933. The number of carbonyl (C=O) groups excluding carboxylic acids is 2. The van der Waals surface area contributed by atoms with Crippen molar-refractivity contribution >= 4 is 50.3 Å². The number of hydrogen-bond donors (Lipinski definition) is 1. The minimum absolute atomic E-state index is 0.120. The number of fused-ring (bicyclic) bond motifs is 3. The molecule has 148 valence electrons. The van der Waals surface area contributed by atoms with Crippen molar-refractivity contribution in [3.8, 4) is 5.75 Å². The molecule has 0 amide bonds. The van der Waals surface area contributed by atoms with Crippen molar-refractivity contribution in [2.45, 2.75) is 20.8 Å². The SMILES string of the molecule is CCOC(=O)c1c2sc(C(=O)c3ccc(Cl)cc3)c(O)c2c2c(C)cc(C)cn12. The lowest BCUT2D eigenvalue weighted by atomic mass is 10.1. The minimum Gasteiger partial charge on any atom is -0.506 e. The molecule has 3 aromatic heterocycles. The van der Waals surface area contributed by atoms with Crippen LogP contribution >= 0.6 is 22.9 Å². The molecule has 0 radical (unpaired) electrons. The van der Waals surface area contributed by atoms with E-state index in [2.05, 4.69) is 0 Å². The second kappa shape index (κ2) is 7.21. The van der Waals surface area contributed by atoms with Gasteiger partial charge in [0.05, 0.1) is 22.2 Å². The van der Waals surface area contributed by atoms with Gasteiger partial charge in [-0.15, -0.1) is 11.3 Å². The average molecular weight is 428 g/mol. The van der Waals surface area contributed by atoms with Crippen LogP contribution in [0.3, 0.4) is 0 Å². The summed E-state index contributed by atoms with van der Waals surface area (Å²) >= 11 is 7.01. The van der Waals surface area contributed by atoms with Crippen molar-refractivity contribution in [2.24, 2.45) is 0 Å². The van der Waals surface area contributed by atoms with E-state index in [1.54, 1.807) is 35.6 Å². The Morgan fingerprint density at radius 1 is 1.21 bits per heavy atom. The Balaban J connectivity index is 2.02. The predicted molar refractivity (Wildman–Crippen MR) is 115 cm³/mol. The first-order valence-electron chi connectivity index (χ1n) is 9.07. The van der Waals surface area contributed by atoms with Crippen LogP contribution in [0, 0.1) is 13.8 Å². The molecule has 0 spiro atoms. The van der Waals surface area contributed by atoms with E-state index in [1.165, 1.54) is 0 Å². The minimum atomic E-state index is -0.491. The fraction of sp³-hybridized carbons (Fsp3) is 0.182. The van der Waals surface area contributed by atoms with Crippen molar-refractivity contribution in [1.29, 1.82) is 0 Å². The van der Waals surface area contributed by atoms with Crippen molar-refractivity contribution in [3.63, 3.8) is 0 Å². The third-order valence-electron chi connectivity index (χ3n) is 4.75. The number of hydrogen-bond acceptors (Lipinski definition) is 5. The van der Waals surface area contributed by atoms with Gasteiger partial charge >= 0.3 is 5.97 Å². The molecular weight excluding hydrogens is 410 g/mol. The molecule has 0 bridgehead atoms. The fourth-order valence-corrected chi connectivity index (χ4v) is 4.91. The van der Waals surface area contributed by atoms with Crippen LogP contribution in [0.4, 0.5) is 0 Å². The number of ketones is 1. The van der Waals surface area contributed by atoms with Crippen LogP contribution < -0.4 is 0 Å². The Morgan fingerprint density at radius 3 is 2.55 bits per heavy atom. The number of rotatable bonds is 4. The molecule has 0 saturated heterocycles. The third kappa shape index (κ3) is 3.09. The summed E-state index contributed by atoms with van der Waals surface area (Å²) in [5.41, 5.74) is 3.29. The van der Waals surface area contributed by atoms with E-state index in [1.807, 2.05) is 26.1 Å². The molecule has 0 unspecified atom stereocenters. The van der Waals surface area contributed by atoms with Gasteiger partial charge in [0.2, 0.25) is 5.78 Å². The van der Waals surface area contributed by atoms with Gasteiger partial charge in [-0.25, -0.2) is 4.79 Å². The molecule has 0 atom stereocenters. The molecule has 0 aliphatic carbocycles. The number of nitrogens with zero attached hydrogens (tertiary/aromatic N) is 1. The molecule has 0 fully saturated rings. The van der Waals surface area contributed by atoms with E-state index in [0.29, 0.717) is 31.9 Å². The Kier molecular flexibility index (Phi) is 4.84. The Bertz CT molecular complexity index is 1280. The van der Waals surface area contributed by atoms with Gasteiger partial charge in [-0.05, 0) is 56.2 Å². The maximum absolute atomic E-state index is 13.0. The predicted octanol–water partition coefficient (Wildman–Crippen LogP) is 5.54. The van der Waals surface area contributed by atoms with E-state index >= 15 is 0 Å². The van der Waals surface area contributed by atoms with Crippen molar-refractivity contribution in [3.05, 3.63) is 68.8 Å². The molecule has 3 heterocycles. The number of aromatic hydroxyl groups is 1. The second-order valence-corrected chi connectivity index (χ2v) is 8.27. The van der Waals surface area contributed by atoms with Crippen molar-refractivity contribution < 1.29 is 19.4 Å². The van der Waals surface area contributed by atoms with Crippen LogP contribution in [-0.2, 0) is 4.74 Å². The van der Waals surface area contributed by atoms with Gasteiger partial charge in [-0.3, -0.25) is 4.79 Å². The zero-order valence-corrected chi connectivity index (χ0v) is 17.6. The first-order chi connectivity index (χ1) is 13.8. The lowest BCUT2D eigenvalue weighted by molar-refractivity contribution is 0.0521. The van der Waals surface area contributed by atoms with E-state index < -0.39 is 5.97 Å². The summed E-state index contributed by atoms with van der Waals surface area (Å²) in [6, 6.07) is 8.45. The van der Waals surface area contributed by atoms with E-state index in [9.17, 15) is 14.7 Å². The first kappa shape index (κ1) is 19.5. The number of carbonyl (C=O) groups is 2. The zero-order valence-electron chi connectivity index (χ0n) is 16.1. The Morgan fingerprint density at radius 2 is 1.90 bits per heavy atom. The summed E-state index contributed by atoms with van der Waals surface area (Å²) in [6.45, 7) is 5.81. The number of benzene rings is 1. The molecule has 29 heavy (non-hydrogen) atoms. The van der Waals surface area contributed by atoms with Gasteiger partial charge in [0.1, 0.15) is 16.3 Å². The average Bonchev–Trinajstić information content (AvgIpc) is 3.16. The number of halogens is 1. The van der Waals surface area contributed by atoms with Gasteiger partial charge < -0.3 is 14.2 Å². The second-order valence-electron chi connectivity index (χ2n) is 6.81. The monoisotopic (exact) mass is 427 g/mol. The smallest absolute Gasteiger partial charge is 0.356 e. The molecule has 4 rings (SSSR count). The van der Waals surface area contributed by atoms with Crippen LogP contribution in [0.15, 0.2) is 36.5 Å². The Labute approximate surface area is 176 Å². The van der Waals surface area contributed by atoms with Crippen LogP contribution in [0.5, 0.6) is 5.75 Å². The van der Waals surface area contributed by atoms with Gasteiger partial charge in [-0.1, -0.05) is 17.7 Å². The highest BCUT2D eigenvalue weighted by molar-refractivity contribution is 7.22. The summed E-state index contributed by atoms with van der Waals surface area (Å²) < 4.78 is 7.54. The number of ether oxygens (including phenoxy) is 1. The van der Waals surface area contributed by atoms with E-state index in [0.717, 1.165) is 22.5 Å². The molecule has 7 heteroatoms. The maximum atomic E-state index is 13.0. The van der Waals surface area contributed by atoms with Crippen LogP contribution in [-0.4, -0.2) is 27.9 Å². The number of esters is 1. The molecular formula is C22H18ClNO4S. The standard InChI is InChI=1S/C22H18ClNO4S/c1-4-28-22(27)17-20-15(16-12(3)9-11(2)10-24(16)17)19(26)21(29-20)18(25)13-5-7-14(23)8-6-13/h5-10,26H,4H2,1-3H3. The topological polar surface area (TPSA) is 68.0 Å². The molecule has 1 N–H and O–H groups in total. The Hall–Kier alpha value is -2.83. The van der Waals surface area contributed by atoms with Crippen LogP contribution in [0.1, 0.15) is 43.8 Å². The number of pyridine rings is 1. The van der Waals surface area contributed by atoms with Gasteiger partial charge in [0, 0.05) is 16.8 Å². The maximum Gasteiger partial charge on any atom is 0.356 e. The molecule has 1 aromatic carbocycles. The zero-order chi connectivity index (χ0) is 20.9. The lowest BCUT2D eigenvalue weighted by Crippen LogP contribution is -2.08. The highest BCUT2D eigenvalue weighted by Gasteiger charge is 2.29. The molecule has 0 aliphatic heterocycles. The third-order valence-corrected chi connectivity index (χ3v) is 6.19. The summed E-state index contributed by atoms with van der Waals surface area (Å²) in [6.07, 6.45) is 1.83. The number of aromatic nitrogens is 1. The van der Waals surface area contributed by atoms with Gasteiger partial charge in [0.25, 0.3) is 0 Å². The molecule has 5 nitrogen and oxygen atoms in total. The number of aryl methyl sites for hydroxylation is 2. The normalized spacial score (nSPS) is 11.3.